The molecule has 1 N–H and O–H groups in total. The second kappa shape index (κ2) is 8.06. The molecule has 1 heterocycles. The Morgan fingerprint density at radius 1 is 1.47 bits per heavy atom. The predicted octanol–water partition coefficient (Wildman–Crippen LogP) is 2.85. The van der Waals surface area contributed by atoms with E-state index in [2.05, 4.69) is 27.3 Å². The number of hydrogen-bond donors (Lipinski definition) is 1. The van der Waals surface area contributed by atoms with Crippen LogP contribution in [0.15, 0.2) is 5.38 Å². The van der Waals surface area contributed by atoms with E-state index in [1.165, 1.54) is 7.11 Å². The molecule has 0 aromatic carbocycles. The molecular formula is C12H20N2O2S. The number of anilines is 1. The number of hydrogen-bond acceptors (Lipinski definition) is 5. The lowest BCUT2D eigenvalue weighted by molar-refractivity contribution is -0.140. The third-order valence-electron chi connectivity index (χ3n) is 2.48. The Balaban J connectivity index is 2.02. The first-order valence-corrected chi connectivity index (χ1v) is 6.89. The van der Waals surface area contributed by atoms with Gasteiger partial charge in [-0.25, -0.2) is 4.98 Å². The Kier molecular flexibility index (Phi) is 6.62. The first kappa shape index (κ1) is 14.0. The van der Waals surface area contributed by atoms with Gasteiger partial charge in [0.2, 0.25) is 0 Å². The van der Waals surface area contributed by atoms with Gasteiger partial charge in [-0.3, -0.25) is 4.79 Å². The lowest BCUT2D eigenvalue weighted by Crippen LogP contribution is -2.03. The van der Waals surface area contributed by atoms with Crippen LogP contribution in [0.2, 0.25) is 0 Å². The Morgan fingerprint density at radius 3 is 2.94 bits per heavy atom. The zero-order valence-corrected chi connectivity index (χ0v) is 11.3. The van der Waals surface area contributed by atoms with Gasteiger partial charge in [0.15, 0.2) is 5.13 Å². The number of nitrogens with one attached hydrogen (secondary N) is 1. The molecule has 0 aliphatic heterocycles. The van der Waals surface area contributed by atoms with Gasteiger partial charge in [0, 0.05) is 18.3 Å². The van der Waals surface area contributed by atoms with Crippen LogP contribution in [0.25, 0.3) is 0 Å². The lowest BCUT2D eigenvalue weighted by Gasteiger charge is -2.02. The number of methoxy groups -OCH3 is 1. The zero-order chi connectivity index (χ0) is 12.5. The molecule has 0 fully saturated rings. The number of esters is 1. The molecule has 0 spiro atoms. The van der Waals surface area contributed by atoms with Crippen LogP contribution in [-0.2, 0) is 16.0 Å². The fourth-order valence-corrected chi connectivity index (χ4v) is 2.24. The number of aryl methyl sites for hydroxylation is 1. The van der Waals surface area contributed by atoms with Crippen LogP contribution < -0.4 is 5.32 Å². The fraction of sp³-hybridized carbons (Fsp3) is 0.667. The maximum atomic E-state index is 10.9. The first-order valence-electron chi connectivity index (χ1n) is 6.01. The Morgan fingerprint density at radius 2 is 2.29 bits per heavy atom. The summed E-state index contributed by atoms with van der Waals surface area (Å²) in [7, 11) is 1.43. The molecule has 0 saturated heterocycles. The summed E-state index contributed by atoms with van der Waals surface area (Å²) in [5.41, 5.74) is 1.14. The predicted molar refractivity (Wildman–Crippen MR) is 70.5 cm³/mol. The van der Waals surface area contributed by atoms with Crippen molar-refractivity contribution in [2.75, 3.05) is 19.0 Å². The first-order chi connectivity index (χ1) is 8.26. The Bertz CT molecular complexity index is 339. The van der Waals surface area contributed by atoms with Crippen molar-refractivity contribution in [3.8, 4) is 0 Å². The van der Waals surface area contributed by atoms with Crippen LogP contribution in [0.1, 0.15) is 38.3 Å². The molecule has 0 saturated carbocycles. The number of unbranched alkanes of at least 4 members (excludes halogenated alkanes) is 2. The van der Waals surface area contributed by atoms with Gasteiger partial charge in [0.05, 0.1) is 12.8 Å². The molecule has 1 aromatic rings. The number of carbonyl (C=O) groups is 1. The number of ether oxygens (including phenoxy) is 1. The Labute approximate surface area is 106 Å². The molecular weight excluding hydrogens is 236 g/mol. The van der Waals surface area contributed by atoms with Gasteiger partial charge in [0.1, 0.15) is 0 Å². The minimum absolute atomic E-state index is 0.120. The van der Waals surface area contributed by atoms with E-state index in [0.717, 1.165) is 43.1 Å². The summed E-state index contributed by atoms with van der Waals surface area (Å²) >= 11 is 1.65. The standard InChI is InChI=1S/C12H20N2O2S/c1-3-10-9-17-12(14-10)13-8-6-4-5-7-11(15)16-2/h9H,3-8H2,1-2H3,(H,13,14). The highest BCUT2D eigenvalue weighted by molar-refractivity contribution is 7.13. The van der Waals surface area contributed by atoms with Crippen molar-refractivity contribution in [2.45, 2.75) is 39.0 Å². The van der Waals surface area contributed by atoms with Gasteiger partial charge >= 0.3 is 5.97 Å². The van der Waals surface area contributed by atoms with Gasteiger partial charge in [-0.2, -0.15) is 0 Å². The molecule has 0 aliphatic rings. The van der Waals surface area contributed by atoms with Crippen molar-refractivity contribution < 1.29 is 9.53 Å². The smallest absolute Gasteiger partial charge is 0.305 e. The normalized spacial score (nSPS) is 10.2. The molecule has 0 unspecified atom stereocenters. The van der Waals surface area contributed by atoms with E-state index in [4.69, 9.17) is 0 Å². The minimum atomic E-state index is -0.120. The molecule has 1 rings (SSSR count). The summed E-state index contributed by atoms with van der Waals surface area (Å²) in [6.45, 7) is 3.02. The second-order valence-electron chi connectivity index (χ2n) is 3.81. The average molecular weight is 256 g/mol. The zero-order valence-electron chi connectivity index (χ0n) is 10.5. The highest BCUT2D eigenvalue weighted by Crippen LogP contribution is 2.15. The highest BCUT2D eigenvalue weighted by Gasteiger charge is 2.00. The van der Waals surface area contributed by atoms with Crippen molar-refractivity contribution in [1.29, 1.82) is 0 Å². The quantitative estimate of drug-likeness (QED) is 0.574. The van der Waals surface area contributed by atoms with E-state index < -0.39 is 0 Å². The summed E-state index contributed by atoms with van der Waals surface area (Å²) in [5, 5.41) is 6.37. The maximum absolute atomic E-state index is 10.9. The monoisotopic (exact) mass is 256 g/mol. The van der Waals surface area contributed by atoms with Crippen LogP contribution in [0.4, 0.5) is 5.13 Å². The molecule has 0 radical (unpaired) electrons. The molecule has 0 amide bonds. The van der Waals surface area contributed by atoms with E-state index in [9.17, 15) is 4.79 Å². The van der Waals surface area contributed by atoms with Crippen molar-refractivity contribution in [3.63, 3.8) is 0 Å². The van der Waals surface area contributed by atoms with Gasteiger partial charge in [-0.1, -0.05) is 13.3 Å². The van der Waals surface area contributed by atoms with Crippen LogP contribution in [0, 0.1) is 0 Å². The third-order valence-corrected chi connectivity index (χ3v) is 3.32. The summed E-state index contributed by atoms with van der Waals surface area (Å²) in [4.78, 5) is 15.3. The Hall–Kier alpha value is -1.10. The van der Waals surface area contributed by atoms with Crippen LogP contribution in [0.5, 0.6) is 0 Å². The number of carbonyl (C=O) groups excluding carboxylic acids is 1. The SMILES string of the molecule is CCc1csc(NCCCCCC(=O)OC)n1. The number of rotatable bonds is 8. The van der Waals surface area contributed by atoms with Gasteiger partial charge in [-0.05, 0) is 19.3 Å². The summed E-state index contributed by atoms with van der Waals surface area (Å²) < 4.78 is 4.58. The van der Waals surface area contributed by atoms with Crippen LogP contribution in [0.3, 0.4) is 0 Å². The summed E-state index contributed by atoms with van der Waals surface area (Å²) in [6, 6.07) is 0. The third kappa shape index (κ3) is 5.68. The number of nitrogens with zero attached hydrogens (tertiary/aromatic N) is 1. The van der Waals surface area contributed by atoms with Crippen LogP contribution >= 0.6 is 11.3 Å². The molecule has 96 valence electrons. The molecule has 5 heteroatoms. The molecule has 17 heavy (non-hydrogen) atoms. The van der Waals surface area contributed by atoms with E-state index >= 15 is 0 Å². The average Bonchev–Trinajstić information content (AvgIpc) is 2.81. The summed E-state index contributed by atoms with van der Waals surface area (Å²) in [5.74, 6) is -0.120. The van der Waals surface area contributed by atoms with Crippen LogP contribution in [-0.4, -0.2) is 24.6 Å². The molecule has 0 atom stereocenters. The number of thiazole rings is 1. The van der Waals surface area contributed by atoms with E-state index in [0.29, 0.717) is 6.42 Å². The number of aromatic nitrogens is 1. The van der Waals surface area contributed by atoms with Gasteiger partial charge in [-0.15, -0.1) is 11.3 Å². The molecule has 0 bridgehead atoms. The fourth-order valence-electron chi connectivity index (χ4n) is 1.42. The van der Waals surface area contributed by atoms with Crippen molar-refractivity contribution in [2.24, 2.45) is 0 Å². The van der Waals surface area contributed by atoms with Crippen molar-refractivity contribution >= 4 is 22.4 Å². The van der Waals surface area contributed by atoms with Gasteiger partial charge < -0.3 is 10.1 Å². The maximum Gasteiger partial charge on any atom is 0.305 e. The molecule has 1 aromatic heterocycles. The lowest BCUT2D eigenvalue weighted by atomic mass is 10.2. The van der Waals surface area contributed by atoms with Crippen molar-refractivity contribution in [3.05, 3.63) is 11.1 Å². The topological polar surface area (TPSA) is 51.2 Å². The molecule has 4 nitrogen and oxygen atoms in total. The van der Waals surface area contributed by atoms with Crippen molar-refractivity contribution in [1.82, 2.24) is 4.98 Å². The van der Waals surface area contributed by atoms with E-state index in [1.54, 1.807) is 11.3 Å². The second-order valence-corrected chi connectivity index (χ2v) is 4.67. The highest BCUT2D eigenvalue weighted by atomic mass is 32.1. The molecule has 0 aliphatic carbocycles. The van der Waals surface area contributed by atoms with Gasteiger partial charge in [0.25, 0.3) is 0 Å². The minimum Gasteiger partial charge on any atom is -0.469 e. The summed E-state index contributed by atoms with van der Waals surface area (Å²) in [6.07, 6.45) is 4.49. The van der Waals surface area contributed by atoms with E-state index in [-0.39, 0.29) is 5.97 Å². The largest absolute Gasteiger partial charge is 0.469 e. The van der Waals surface area contributed by atoms with E-state index in [1.807, 2.05) is 0 Å².